The Morgan fingerprint density at radius 1 is 1.03 bits per heavy atom. The second-order valence-corrected chi connectivity index (χ2v) is 7.71. The molecule has 2 rings (SSSR count). The van der Waals surface area contributed by atoms with Gasteiger partial charge in [0, 0.05) is 30.8 Å². The number of ether oxygens (including phenoxy) is 4. The molecule has 0 aliphatic carbocycles. The van der Waals surface area contributed by atoms with Crippen LogP contribution in [-0.4, -0.2) is 45.6 Å². The first-order valence-corrected chi connectivity index (χ1v) is 11.6. The Kier molecular flexibility index (Phi) is 13.4. The van der Waals surface area contributed by atoms with Crippen LogP contribution in [0, 0.1) is 11.5 Å². The van der Waals surface area contributed by atoms with Crippen molar-refractivity contribution in [1.82, 2.24) is 5.32 Å². The summed E-state index contributed by atoms with van der Waals surface area (Å²) in [6.45, 7) is 1.69. The lowest BCUT2D eigenvalue weighted by Crippen LogP contribution is -2.36. The Labute approximate surface area is 210 Å². The fourth-order valence-corrected chi connectivity index (χ4v) is 2.91. The summed E-state index contributed by atoms with van der Waals surface area (Å²) < 4.78 is 22.0. The largest absolute Gasteiger partial charge is 0.513 e. The quantitative estimate of drug-likeness (QED) is 0.0757. The first kappa shape index (κ1) is 27.7. The van der Waals surface area contributed by atoms with E-state index in [0.717, 1.165) is 37.1 Å². The molecule has 1 heterocycles. The van der Waals surface area contributed by atoms with Crippen LogP contribution < -0.4 is 19.9 Å². The number of carbonyl (C=O) groups excluding carboxylic acids is 1. The maximum Gasteiger partial charge on any atom is 0.513 e. The summed E-state index contributed by atoms with van der Waals surface area (Å²) in [5, 5.41) is 15.3. The minimum absolute atomic E-state index is 0.00816. The van der Waals surface area contributed by atoms with Gasteiger partial charge in [0.05, 0.1) is 18.9 Å². The van der Waals surface area contributed by atoms with Crippen LogP contribution in [0.2, 0.25) is 5.02 Å². The molecule has 1 aromatic carbocycles. The third-order valence-corrected chi connectivity index (χ3v) is 4.82. The van der Waals surface area contributed by atoms with E-state index in [1.165, 1.54) is 7.11 Å². The van der Waals surface area contributed by atoms with E-state index in [9.17, 15) is 4.79 Å². The number of pyridine rings is 1. The van der Waals surface area contributed by atoms with Crippen LogP contribution in [0.5, 0.6) is 5.75 Å². The number of benzene rings is 1. The van der Waals surface area contributed by atoms with E-state index >= 15 is 0 Å². The van der Waals surface area contributed by atoms with Crippen molar-refractivity contribution >= 4 is 29.4 Å². The second-order valence-electron chi connectivity index (χ2n) is 7.27. The van der Waals surface area contributed by atoms with Crippen LogP contribution in [-0.2, 0) is 20.9 Å². The highest BCUT2D eigenvalue weighted by molar-refractivity contribution is 6.30. The van der Waals surface area contributed by atoms with Crippen LogP contribution >= 0.6 is 11.6 Å². The van der Waals surface area contributed by atoms with Crippen LogP contribution in [0.25, 0.3) is 0 Å². The van der Waals surface area contributed by atoms with E-state index < -0.39 is 6.16 Å². The number of hydrogen-bond donors (Lipinski definition) is 2. The number of unbranched alkanes of at least 4 members (excludes halogenated alkanes) is 3. The fraction of sp³-hybridized carbons (Fsp3) is 0.417. The number of nitrogens with one attached hydrogen (secondary N) is 2. The molecule has 0 aliphatic rings. The minimum atomic E-state index is -0.765. The highest BCUT2D eigenvalue weighted by Crippen LogP contribution is 2.16. The van der Waals surface area contributed by atoms with E-state index in [-0.39, 0.29) is 13.3 Å². The molecule has 0 saturated carbocycles. The second kappa shape index (κ2) is 17.0. The summed E-state index contributed by atoms with van der Waals surface area (Å²) in [6, 6.07) is 10.9. The average Bonchev–Trinajstić information content (AvgIpc) is 2.86. The number of aliphatic imine (C=N–C) groups is 1. The van der Waals surface area contributed by atoms with Gasteiger partial charge in [-0.2, -0.15) is 9.83 Å². The van der Waals surface area contributed by atoms with Crippen LogP contribution in [0.1, 0.15) is 25.7 Å². The molecular weight excluding hydrogens is 474 g/mol. The lowest BCUT2D eigenvalue weighted by molar-refractivity contribution is -0.727. The monoisotopic (exact) mass is 504 g/mol. The predicted molar refractivity (Wildman–Crippen MR) is 131 cm³/mol. The molecule has 0 fully saturated rings. The van der Waals surface area contributed by atoms with Gasteiger partial charge in [0.2, 0.25) is 5.96 Å². The highest BCUT2D eigenvalue weighted by Gasteiger charge is 2.08. The molecule has 2 N–H and O–H groups in total. The molecule has 10 nitrogen and oxygen atoms in total. The molecule has 188 valence electrons. The van der Waals surface area contributed by atoms with Gasteiger partial charge in [-0.1, -0.05) is 18.0 Å². The lowest BCUT2D eigenvalue weighted by Gasteiger charge is -2.08. The van der Waals surface area contributed by atoms with Gasteiger partial charge in [-0.15, -0.1) is 0 Å². The first-order valence-electron chi connectivity index (χ1n) is 11.2. The van der Waals surface area contributed by atoms with Crippen LogP contribution in [0.15, 0.2) is 53.8 Å². The number of nitriles is 1. The Balaban J connectivity index is 1.64. The van der Waals surface area contributed by atoms with Gasteiger partial charge < -0.3 is 24.3 Å². The lowest BCUT2D eigenvalue weighted by atomic mass is 10.2. The van der Waals surface area contributed by atoms with Crippen molar-refractivity contribution in [3.63, 3.8) is 0 Å². The molecule has 35 heavy (non-hydrogen) atoms. The van der Waals surface area contributed by atoms with E-state index in [2.05, 4.69) is 15.6 Å². The number of hydrogen-bond acceptors (Lipinski definition) is 7. The van der Waals surface area contributed by atoms with Gasteiger partial charge in [-0.3, -0.25) is 10.3 Å². The van der Waals surface area contributed by atoms with Crippen molar-refractivity contribution < 1.29 is 28.3 Å². The third-order valence-electron chi connectivity index (χ3n) is 4.57. The molecule has 0 spiro atoms. The molecule has 0 bridgehead atoms. The number of aromatic nitrogens is 1. The topological polar surface area (TPSA) is 118 Å². The van der Waals surface area contributed by atoms with Gasteiger partial charge in [0.1, 0.15) is 12.4 Å². The molecule has 0 aliphatic heterocycles. The summed E-state index contributed by atoms with van der Waals surface area (Å²) in [6.07, 6.45) is 8.45. The first-order chi connectivity index (χ1) is 17.1. The van der Waals surface area contributed by atoms with Crippen molar-refractivity contribution in [2.45, 2.75) is 32.4 Å². The molecular formula is C24H31ClN5O5+. The zero-order valence-electron chi connectivity index (χ0n) is 19.7. The van der Waals surface area contributed by atoms with Gasteiger partial charge in [0.15, 0.2) is 18.6 Å². The normalized spacial score (nSPS) is 10.8. The van der Waals surface area contributed by atoms with Gasteiger partial charge >= 0.3 is 6.16 Å². The number of nitrogens with zero attached hydrogens (tertiary/aromatic N) is 3. The Morgan fingerprint density at radius 3 is 2.49 bits per heavy atom. The summed E-state index contributed by atoms with van der Waals surface area (Å²) in [7, 11) is 1.52. The number of rotatable bonds is 14. The number of halogens is 1. The van der Waals surface area contributed by atoms with E-state index in [1.807, 2.05) is 30.5 Å². The highest BCUT2D eigenvalue weighted by atomic mass is 35.5. The van der Waals surface area contributed by atoms with Crippen molar-refractivity contribution in [2.24, 2.45) is 4.99 Å². The Bertz CT molecular complexity index is 948. The summed E-state index contributed by atoms with van der Waals surface area (Å²) >= 11 is 5.86. The summed E-state index contributed by atoms with van der Waals surface area (Å²) in [4.78, 5) is 15.9. The third kappa shape index (κ3) is 12.5. The SMILES string of the molecule is COCCOC(=O)OC[n+]1ccc(NC(=NCCCCCCOc2ccc(Cl)cc2)NC#N)cc1. The molecule has 0 radical (unpaired) electrons. The minimum Gasteiger partial charge on any atom is -0.494 e. The van der Waals surface area contributed by atoms with Crippen molar-refractivity contribution in [1.29, 1.82) is 5.26 Å². The Morgan fingerprint density at radius 2 is 1.77 bits per heavy atom. The number of guanidine groups is 1. The maximum absolute atomic E-state index is 11.5. The number of anilines is 1. The molecule has 1 aromatic heterocycles. The maximum atomic E-state index is 11.5. The van der Waals surface area contributed by atoms with Gasteiger partial charge in [0.25, 0.3) is 6.73 Å². The summed E-state index contributed by atoms with van der Waals surface area (Å²) in [5.74, 6) is 1.19. The van der Waals surface area contributed by atoms with Crippen LogP contribution in [0.3, 0.4) is 0 Å². The predicted octanol–water partition coefficient (Wildman–Crippen LogP) is 3.86. The van der Waals surface area contributed by atoms with Crippen molar-refractivity contribution in [2.75, 3.05) is 38.8 Å². The van der Waals surface area contributed by atoms with Crippen LogP contribution in [0.4, 0.5) is 10.5 Å². The molecule has 0 unspecified atom stereocenters. The van der Waals surface area contributed by atoms with Gasteiger partial charge in [-0.05, 0) is 43.5 Å². The van der Waals surface area contributed by atoms with E-state index in [4.69, 9.17) is 35.8 Å². The summed E-state index contributed by atoms with van der Waals surface area (Å²) in [5.41, 5.74) is 0.727. The molecule has 11 heteroatoms. The standard InChI is InChI=1S/C24H30ClN5O5/c1-32-16-17-34-24(31)35-19-30-13-10-21(11-14-30)29-23(28-18-26)27-12-4-2-3-5-15-33-22-8-6-20(25)7-9-22/h6-11,13-14H,2-5,12,15-17,19H2,1H3,(H,27,28)/p+1. The Hall–Kier alpha value is -3.55. The molecule has 0 atom stereocenters. The van der Waals surface area contributed by atoms with E-state index in [0.29, 0.717) is 30.7 Å². The van der Waals surface area contributed by atoms with E-state index in [1.54, 1.807) is 29.1 Å². The van der Waals surface area contributed by atoms with Gasteiger partial charge in [-0.25, -0.2) is 4.79 Å². The molecule has 2 aromatic rings. The van der Waals surface area contributed by atoms with Crippen molar-refractivity contribution in [3.8, 4) is 11.9 Å². The number of methoxy groups -OCH3 is 1. The zero-order valence-corrected chi connectivity index (χ0v) is 20.5. The fourth-order valence-electron chi connectivity index (χ4n) is 2.78. The zero-order chi connectivity index (χ0) is 25.1. The molecule has 0 amide bonds. The number of carbonyl (C=O) groups is 1. The average molecular weight is 505 g/mol. The smallest absolute Gasteiger partial charge is 0.494 e. The molecule has 0 saturated heterocycles. The van der Waals surface area contributed by atoms with Crippen molar-refractivity contribution in [3.05, 3.63) is 53.8 Å².